The van der Waals surface area contributed by atoms with Gasteiger partial charge < -0.3 is 28.5 Å². The molecule has 0 aliphatic rings. The van der Waals surface area contributed by atoms with Gasteiger partial charge >= 0.3 is 5.91 Å². The SMILES string of the molecule is COc1cc(/C=N/NC(=O)c2ccc(COc3ccc(-n4c(C)ccc4C)cc3)o2)cc(I)c1OCC(=O)Nc1ccccc1. The number of methoxy groups -OCH3 is 1. The van der Waals surface area contributed by atoms with Gasteiger partial charge in [0.2, 0.25) is 0 Å². The number of para-hydroxylation sites is 1. The van der Waals surface area contributed by atoms with E-state index in [9.17, 15) is 9.59 Å². The van der Waals surface area contributed by atoms with Gasteiger partial charge in [-0.2, -0.15) is 5.10 Å². The molecule has 3 aromatic carbocycles. The summed E-state index contributed by atoms with van der Waals surface area (Å²) in [5.41, 5.74) is 7.17. The van der Waals surface area contributed by atoms with E-state index in [1.807, 2.05) is 42.5 Å². The molecule has 45 heavy (non-hydrogen) atoms. The first-order chi connectivity index (χ1) is 21.8. The summed E-state index contributed by atoms with van der Waals surface area (Å²) in [6.07, 6.45) is 1.47. The van der Waals surface area contributed by atoms with E-state index in [2.05, 4.69) is 69.0 Å². The molecule has 2 N–H and O–H groups in total. The van der Waals surface area contributed by atoms with Gasteiger partial charge in [0, 0.05) is 22.8 Å². The first-order valence-corrected chi connectivity index (χ1v) is 15.0. The number of nitrogens with one attached hydrogen (secondary N) is 2. The number of amides is 2. The zero-order chi connectivity index (χ0) is 31.8. The lowest BCUT2D eigenvalue weighted by atomic mass is 10.2. The van der Waals surface area contributed by atoms with E-state index in [-0.39, 0.29) is 24.9 Å². The van der Waals surface area contributed by atoms with E-state index in [1.165, 1.54) is 13.3 Å². The van der Waals surface area contributed by atoms with E-state index in [0.29, 0.717) is 37.8 Å². The van der Waals surface area contributed by atoms with Crippen molar-refractivity contribution >= 4 is 46.3 Å². The molecule has 230 valence electrons. The van der Waals surface area contributed by atoms with E-state index >= 15 is 0 Å². The summed E-state index contributed by atoms with van der Waals surface area (Å²) in [4.78, 5) is 24.9. The Morgan fingerprint density at radius 3 is 2.38 bits per heavy atom. The second-order valence-electron chi connectivity index (χ2n) is 9.94. The van der Waals surface area contributed by atoms with Crippen LogP contribution in [0.4, 0.5) is 5.69 Å². The summed E-state index contributed by atoms with van der Waals surface area (Å²) < 4.78 is 25.6. The highest BCUT2D eigenvalue weighted by Gasteiger charge is 2.15. The number of furan rings is 1. The molecule has 5 rings (SSSR count). The molecule has 0 aliphatic heterocycles. The molecule has 10 nitrogen and oxygen atoms in total. The Morgan fingerprint density at radius 2 is 1.67 bits per heavy atom. The molecule has 0 aliphatic carbocycles. The highest BCUT2D eigenvalue weighted by Crippen LogP contribution is 2.33. The smallest absolute Gasteiger partial charge is 0.307 e. The maximum Gasteiger partial charge on any atom is 0.307 e. The molecule has 0 fully saturated rings. The number of aromatic nitrogens is 1. The summed E-state index contributed by atoms with van der Waals surface area (Å²) >= 11 is 2.09. The minimum absolute atomic E-state index is 0.101. The van der Waals surface area contributed by atoms with Crippen LogP contribution in [-0.2, 0) is 11.4 Å². The summed E-state index contributed by atoms with van der Waals surface area (Å²) in [6, 6.07) is 27.8. The number of aryl methyl sites for hydroxylation is 2. The van der Waals surface area contributed by atoms with Crippen molar-refractivity contribution in [2.24, 2.45) is 5.10 Å². The van der Waals surface area contributed by atoms with Crippen molar-refractivity contribution in [1.29, 1.82) is 0 Å². The molecule has 11 heteroatoms. The van der Waals surface area contributed by atoms with Gasteiger partial charge in [0.1, 0.15) is 18.1 Å². The molecule has 0 unspecified atom stereocenters. The second-order valence-corrected chi connectivity index (χ2v) is 11.1. The Bertz CT molecular complexity index is 1790. The highest BCUT2D eigenvalue weighted by atomic mass is 127. The van der Waals surface area contributed by atoms with Crippen LogP contribution >= 0.6 is 22.6 Å². The van der Waals surface area contributed by atoms with Crippen molar-refractivity contribution < 1.29 is 28.2 Å². The van der Waals surface area contributed by atoms with Crippen LogP contribution < -0.4 is 25.0 Å². The predicted molar refractivity (Wildman–Crippen MR) is 180 cm³/mol. The fraction of sp³-hybridized carbons (Fsp3) is 0.147. The molecule has 2 aromatic heterocycles. The fourth-order valence-electron chi connectivity index (χ4n) is 4.53. The lowest BCUT2D eigenvalue weighted by Crippen LogP contribution is -2.20. The van der Waals surface area contributed by atoms with E-state index in [0.717, 1.165) is 17.1 Å². The Kier molecular flexibility index (Phi) is 10.2. The van der Waals surface area contributed by atoms with Crippen molar-refractivity contribution in [3.05, 3.63) is 123 Å². The van der Waals surface area contributed by atoms with Gasteiger partial charge in [-0.25, -0.2) is 5.43 Å². The molecule has 2 heterocycles. The van der Waals surface area contributed by atoms with Crippen molar-refractivity contribution in [3.8, 4) is 22.9 Å². The Balaban J connectivity index is 1.12. The molecule has 0 spiro atoms. The first kappa shape index (κ1) is 31.4. The Morgan fingerprint density at radius 1 is 0.933 bits per heavy atom. The number of carbonyl (C=O) groups is 2. The molecular formula is C34H31IN4O6. The van der Waals surface area contributed by atoms with Crippen molar-refractivity contribution in [2.75, 3.05) is 19.0 Å². The fourth-order valence-corrected chi connectivity index (χ4v) is 5.31. The summed E-state index contributed by atoms with van der Waals surface area (Å²) in [5, 5.41) is 6.82. The van der Waals surface area contributed by atoms with Crippen molar-refractivity contribution in [2.45, 2.75) is 20.5 Å². The molecular weight excluding hydrogens is 687 g/mol. The number of carbonyl (C=O) groups excluding carboxylic acids is 2. The average Bonchev–Trinajstić information content (AvgIpc) is 3.66. The van der Waals surface area contributed by atoms with Gasteiger partial charge in [0.05, 0.1) is 16.9 Å². The lowest BCUT2D eigenvalue weighted by molar-refractivity contribution is -0.118. The zero-order valence-electron chi connectivity index (χ0n) is 24.9. The van der Waals surface area contributed by atoms with Crippen LogP contribution in [0.1, 0.15) is 33.3 Å². The number of benzene rings is 3. The van der Waals surface area contributed by atoms with Crippen LogP contribution in [0.3, 0.4) is 0 Å². The number of ether oxygens (including phenoxy) is 3. The highest BCUT2D eigenvalue weighted by molar-refractivity contribution is 14.1. The predicted octanol–water partition coefficient (Wildman–Crippen LogP) is 6.66. The second kappa shape index (κ2) is 14.6. The Labute approximate surface area is 274 Å². The number of rotatable bonds is 12. The van der Waals surface area contributed by atoms with E-state index in [4.69, 9.17) is 18.6 Å². The third-order valence-electron chi connectivity index (χ3n) is 6.67. The molecule has 5 aromatic rings. The third-order valence-corrected chi connectivity index (χ3v) is 7.47. The third kappa shape index (κ3) is 8.12. The first-order valence-electron chi connectivity index (χ1n) is 14.0. The number of halogens is 1. The van der Waals surface area contributed by atoms with Gasteiger partial charge in [-0.05, 0) is 115 Å². The number of anilines is 1. The van der Waals surface area contributed by atoms with E-state index in [1.54, 1.807) is 36.4 Å². The monoisotopic (exact) mass is 718 g/mol. The van der Waals surface area contributed by atoms with E-state index < -0.39 is 5.91 Å². The Hall–Kier alpha value is -5.04. The molecule has 0 radical (unpaired) electrons. The number of hydrogen-bond donors (Lipinski definition) is 2. The largest absolute Gasteiger partial charge is 0.493 e. The van der Waals surface area contributed by atoms with Crippen LogP contribution in [0.15, 0.2) is 101 Å². The summed E-state index contributed by atoms with van der Waals surface area (Å²) in [7, 11) is 1.50. The standard InChI is InChI=1S/C34H31IN4O6/c1-22-9-10-23(2)39(22)26-11-13-27(14-12-26)43-20-28-15-16-30(45-28)34(41)38-36-19-24-17-29(35)33(31(18-24)42-3)44-21-32(40)37-25-7-5-4-6-8-25/h4-19H,20-21H2,1-3H3,(H,37,40)(H,38,41)/b36-19+. The molecule has 0 bridgehead atoms. The quantitative estimate of drug-likeness (QED) is 0.0848. The molecule has 0 saturated heterocycles. The van der Waals surface area contributed by atoms with Gasteiger partial charge in [-0.1, -0.05) is 18.2 Å². The minimum atomic E-state index is -0.509. The molecule has 2 amide bonds. The van der Waals surface area contributed by atoms with Gasteiger partial charge in [-0.15, -0.1) is 0 Å². The number of hydrazone groups is 1. The van der Waals surface area contributed by atoms with Gasteiger partial charge in [0.15, 0.2) is 23.9 Å². The average molecular weight is 719 g/mol. The topological polar surface area (TPSA) is 116 Å². The van der Waals surface area contributed by atoms with Crippen molar-refractivity contribution in [3.63, 3.8) is 0 Å². The molecule has 0 atom stereocenters. The summed E-state index contributed by atoms with van der Waals surface area (Å²) in [6.45, 7) is 4.10. The van der Waals surface area contributed by atoms with Crippen LogP contribution in [0.5, 0.6) is 17.2 Å². The van der Waals surface area contributed by atoms with Gasteiger partial charge in [0.25, 0.3) is 5.91 Å². The van der Waals surface area contributed by atoms with Crippen LogP contribution in [0.25, 0.3) is 5.69 Å². The van der Waals surface area contributed by atoms with Crippen LogP contribution in [0.2, 0.25) is 0 Å². The van der Waals surface area contributed by atoms with Crippen molar-refractivity contribution in [1.82, 2.24) is 9.99 Å². The summed E-state index contributed by atoms with van der Waals surface area (Å²) in [5.74, 6) is 1.32. The normalized spacial score (nSPS) is 10.9. The number of hydrogen-bond acceptors (Lipinski definition) is 7. The molecule has 0 saturated carbocycles. The zero-order valence-corrected chi connectivity index (χ0v) is 27.0. The minimum Gasteiger partial charge on any atom is -0.493 e. The maximum atomic E-state index is 12.6. The van der Waals surface area contributed by atoms with Crippen LogP contribution in [0, 0.1) is 17.4 Å². The maximum absolute atomic E-state index is 12.6. The van der Waals surface area contributed by atoms with Crippen LogP contribution in [-0.4, -0.2) is 36.3 Å². The van der Waals surface area contributed by atoms with Gasteiger partial charge in [-0.3, -0.25) is 9.59 Å². The lowest BCUT2D eigenvalue weighted by Gasteiger charge is -2.13. The number of nitrogens with zero attached hydrogens (tertiary/aromatic N) is 2.